The number of amides is 1. The van der Waals surface area contributed by atoms with E-state index in [1.807, 2.05) is 25.1 Å². The van der Waals surface area contributed by atoms with Gasteiger partial charge in [0.15, 0.2) is 11.5 Å². The maximum absolute atomic E-state index is 11.9. The Morgan fingerprint density at radius 1 is 1.10 bits per heavy atom. The number of pyridine rings is 3. The zero-order valence-corrected chi connectivity index (χ0v) is 16.2. The van der Waals surface area contributed by atoms with Gasteiger partial charge in [-0.2, -0.15) is 5.10 Å². The molecule has 0 saturated heterocycles. The van der Waals surface area contributed by atoms with Crippen LogP contribution in [0.4, 0.5) is 5.69 Å². The molecule has 0 saturated carbocycles. The van der Waals surface area contributed by atoms with Crippen LogP contribution in [0.2, 0.25) is 0 Å². The second-order valence-electron chi connectivity index (χ2n) is 6.93. The van der Waals surface area contributed by atoms with Crippen LogP contribution in [0.25, 0.3) is 44.7 Å². The van der Waals surface area contributed by atoms with Crippen molar-refractivity contribution < 1.29 is 4.79 Å². The summed E-state index contributed by atoms with van der Waals surface area (Å²) in [6, 6.07) is 5.72. The maximum atomic E-state index is 11.9. The molecule has 0 fully saturated rings. The quantitative estimate of drug-likeness (QED) is 0.414. The van der Waals surface area contributed by atoms with Gasteiger partial charge in [-0.1, -0.05) is 6.92 Å². The smallest absolute Gasteiger partial charge is 0.224 e. The normalized spacial score (nSPS) is 11.2. The van der Waals surface area contributed by atoms with Gasteiger partial charge >= 0.3 is 0 Å². The summed E-state index contributed by atoms with van der Waals surface area (Å²) in [6.07, 6.45) is 9.83. The SMILES string of the molecule is CCCC(=O)Nc1cncc(-c2cnc3[nH]nc(-c4nc5ccncc5[nH]4)c3c2)c1. The van der Waals surface area contributed by atoms with Crippen LogP contribution in [0.1, 0.15) is 19.8 Å². The molecule has 0 aliphatic rings. The van der Waals surface area contributed by atoms with E-state index in [2.05, 4.69) is 40.4 Å². The van der Waals surface area contributed by atoms with Crippen LogP contribution in [0.15, 0.2) is 49.2 Å². The number of carbonyl (C=O) groups excluding carboxylic acids is 1. The number of H-pyrrole nitrogens is 2. The van der Waals surface area contributed by atoms with Crippen LogP contribution in [-0.2, 0) is 4.79 Å². The van der Waals surface area contributed by atoms with Crippen molar-refractivity contribution in [3.63, 3.8) is 0 Å². The number of nitrogens with zero attached hydrogens (tertiary/aromatic N) is 5. The molecule has 5 aromatic heterocycles. The number of hydrogen-bond acceptors (Lipinski definition) is 6. The van der Waals surface area contributed by atoms with Crippen molar-refractivity contribution in [2.24, 2.45) is 0 Å². The summed E-state index contributed by atoms with van der Waals surface area (Å²) in [7, 11) is 0. The van der Waals surface area contributed by atoms with Crippen LogP contribution < -0.4 is 5.32 Å². The Morgan fingerprint density at radius 3 is 2.87 bits per heavy atom. The van der Waals surface area contributed by atoms with Gasteiger partial charge in [-0.05, 0) is 24.6 Å². The van der Waals surface area contributed by atoms with Crippen LogP contribution in [0.3, 0.4) is 0 Å². The van der Waals surface area contributed by atoms with Crippen molar-refractivity contribution >= 4 is 33.7 Å². The molecule has 0 unspecified atom stereocenters. The second-order valence-corrected chi connectivity index (χ2v) is 6.93. The van der Waals surface area contributed by atoms with Crippen molar-refractivity contribution in [2.75, 3.05) is 5.32 Å². The van der Waals surface area contributed by atoms with E-state index >= 15 is 0 Å². The molecule has 5 heterocycles. The molecule has 0 spiro atoms. The van der Waals surface area contributed by atoms with Crippen LogP contribution in [-0.4, -0.2) is 41.0 Å². The van der Waals surface area contributed by atoms with Crippen molar-refractivity contribution in [3.05, 3.63) is 49.2 Å². The summed E-state index contributed by atoms with van der Waals surface area (Å²) in [5.74, 6) is 0.614. The number of aromatic nitrogens is 7. The van der Waals surface area contributed by atoms with Crippen LogP contribution in [0.5, 0.6) is 0 Å². The summed E-state index contributed by atoms with van der Waals surface area (Å²) in [5.41, 5.74) is 5.36. The third-order valence-corrected chi connectivity index (χ3v) is 4.76. The lowest BCUT2D eigenvalue weighted by Gasteiger charge is -2.07. The lowest BCUT2D eigenvalue weighted by Crippen LogP contribution is -2.10. The fourth-order valence-electron chi connectivity index (χ4n) is 3.33. The molecule has 0 bridgehead atoms. The van der Waals surface area contributed by atoms with Gasteiger partial charge in [0.1, 0.15) is 5.69 Å². The Bertz CT molecular complexity index is 1340. The highest BCUT2D eigenvalue weighted by atomic mass is 16.1. The molecule has 0 radical (unpaired) electrons. The third-order valence-electron chi connectivity index (χ3n) is 4.76. The topological polar surface area (TPSA) is 125 Å². The lowest BCUT2D eigenvalue weighted by atomic mass is 10.1. The molecule has 9 heteroatoms. The number of rotatable bonds is 5. The summed E-state index contributed by atoms with van der Waals surface area (Å²) in [6.45, 7) is 1.97. The molecule has 0 aromatic carbocycles. The number of imidazole rings is 1. The summed E-state index contributed by atoms with van der Waals surface area (Å²) in [5, 5.41) is 11.1. The first-order valence-electron chi connectivity index (χ1n) is 9.61. The zero-order chi connectivity index (χ0) is 20.5. The Labute approximate surface area is 171 Å². The van der Waals surface area contributed by atoms with Gasteiger partial charge in [-0.25, -0.2) is 9.97 Å². The van der Waals surface area contributed by atoms with E-state index in [1.165, 1.54) is 0 Å². The fraction of sp³-hybridized carbons (Fsp3) is 0.143. The molecule has 5 aromatic rings. The highest BCUT2D eigenvalue weighted by molar-refractivity contribution is 5.94. The van der Waals surface area contributed by atoms with Gasteiger partial charge in [-0.3, -0.25) is 19.9 Å². The first-order valence-corrected chi connectivity index (χ1v) is 9.61. The predicted octanol–water partition coefficient (Wildman–Crippen LogP) is 3.70. The van der Waals surface area contributed by atoms with Gasteiger partial charge in [0.2, 0.25) is 5.91 Å². The summed E-state index contributed by atoms with van der Waals surface area (Å²) >= 11 is 0. The van der Waals surface area contributed by atoms with E-state index in [0.29, 0.717) is 29.3 Å². The van der Waals surface area contributed by atoms with E-state index < -0.39 is 0 Å². The third kappa shape index (κ3) is 3.26. The number of fused-ring (bicyclic) bond motifs is 2. The van der Waals surface area contributed by atoms with E-state index in [-0.39, 0.29) is 5.91 Å². The van der Waals surface area contributed by atoms with Crippen molar-refractivity contribution in [2.45, 2.75) is 19.8 Å². The number of nitrogens with one attached hydrogen (secondary N) is 3. The number of anilines is 1. The minimum absolute atomic E-state index is 0.0264. The highest BCUT2D eigenvalue weighted by Gasteiger charge is 2.15. The molecule has 9 nitrogen and oxygen atoms in total. The van der Waals surface area contributed by atoms with E-state index in [9.17, 15) is 4.79 Å². The number of carbonyl (C=O) groups is 1. The summed E-state index contributed by atoms with van der Waals surface area (Å²) < 4.78 is 0. The largest absolute Gasteiger partial charge is 0.335 e. The number of aromatic amines is 2. The van der Waals surface area contributed by atoms with Crippen molar-refractivity contribution in [3.8, 4) is 22.6 Å². The second kappa shape index (κ2) is 7.36. The predicted molar refractivity (Wildman–Crippen MR) is 114 cm³/mol. The van der Waals surface area contributed by atoms with Crippen LogP contribution in [0, 0.1) is 0 Å². The van der Waals surface area contributed by atoms with Crippen LogP contribution >= 0.6 is 0 Å². The molecule has 0 atom stereocenters. The summed E-state index contributed by atoms with van der Waals surface area (Å²) in [4.78, 5) is 32.6. The van der Waals surface area contributed by atoms with E-state index in [4.69, 9.17) is 0 Å². The minimum Gasteiger partial charge on any atom is -0.335 e. The Balaban J connectivity index is 1.54. The molecule has 0 aliphatic carbocycles. The first kappa shape index (κ1) is 17.9. The van der Waals surface area contributed by atoms with Gasteiger partial charge < -0.3 is 10.3 Å². The molecule has 1 amide bonds. The molecular weight excluding hydrogens is 380 g/mol. The number of hydrogen-bond donors (Lipinski definition) is 3. The maximum Gasteiger partial charge on any atom is 0.224 e. The highest BCUT2D eigenvalue weighted by Crippen LogP contribution is 2.29. The standard InChI is InChI=1S/C21H18N8O/c1-2-3-18(30)25-14-6-12(8-23-10-14)13-7-15-19(28-29-20(15)24-9-13)21-26-16-4-5-22-11-17(16)27-21/h4-11H,2-3H2,1H3,(H,25,30)(H,26,27)(H,24,28,29). The monoisotopic (exact) mass is 398 g/mol. The molecule has 5 rings (SSSR count). The van der Waals surface area contributed by atoms with Crippen molar-refractivity contribution in [1.29, 1.82) is 0 Å². The van der Waals surface area contributed by atoms with E-state index in [0.717, 1.165) is 34.0 Å². The van der Waals surface area contributed by atoms with Gasteiger partial charge in [0.05, 0.1) is 34.5 Å². The van der Waals surface area contributed by atoms with Gasteiger partial charge in [0, 0.05) is 36.1 Å². The average Bonchev–Trinajstić information content (AvgIpc) is 3.37. The van der Waals surface area contributed by atoms with Gasteiger partial charge in [-0.15, -0.1) is 0 Å². The Morgan fingerprint density at radius 2 is 2.00 bits per heavy atom. The molecule has 3 N–H and O–H groups in total. The van der Waals surface area contributed by atoms with Crippen molar-refractivity contribution in [1.82, 2.24) is 35.1 Å². The first-order chi connectivity index (χ1) is 14.7. The molecule has 0 aliphatic heterocycles. The Kier molecular flexibility index (Phi) is 4.40. The fourth-order valence-corrected chi connectivity index (χ4v) is 3.33. The van der Waals surface area contributed by atoms with Gasteiger partial charge in [0.25, 0.3) is 0 Å². The van der Waals surface area contributed by atoms with E-state index in [1.54, 1.807) is 31.0 Å². The molecular formula is C21H18N8O. The Hall–Kier alpha value is -4.14. The minimum atomic E-state index is -0.0264. The zero-order valence-electron chi connectivity index (χ0n) is 16.2. The molecule has 148 valence electrons. The lowest BCUT2D eigenvalue weighted by molar-refractivity contribution is -0.116. The molecule has 30 heavy (non-hydrogen) atoms. The average molecular weight is 398 g/mol.